The zero-order chi connectivity index (χ0) is 15.6. The fourth-order valence-electron chi connectivity index (χ4n) is 2.18. The molecule has 2 rings (SSSR count). The first kappa shape index (κ1) is 15.5. The van der Waals surface area contributed by atoms with Crippen LogP contribution in [0.15, 0.2) is 42.5 Å². The summed E-state index contributed by atoms with van der Waals surface area (Å²) in [6.07, 6.45) is 0. The molecule has 0 N–H and O–H groups in total. The smallest absolute Gasteiger partial charge is 0.254 e. The molecule has 110 valence electrons. The Labute approximate surface area is 129 Å². The van der Waals surface area contributed by atoms with Gasteiger partial charge in [-0.1, -0.05) is 29.8 Å². The van der Waals surface area contributed by atoms with Gasteiger partial charge >= 0.3 is 0 Å². The highest BCUT2D eigenvalue weighted by Crippen LogP contribution is 2.27. The van der Waals surface area contributed by atoms with Gasteiger partial charge in [0.15, 0.2) is 0 Å². The summed E-state index contributed by atoms with van der Waals surface area (Å²) in [6, 6.07) is 11.6. The number of amides is 1. The summed E-state index contributed by atoms with van der Waals surface area (Å²) in [5.74, 6) is -0.473. The fraction of sp³-hybridized carbons (Fsp3) is 0.235. The van der Waals surface area contributed by atoms with Gasteiger partial charge in [-0.05, 0) is 49.2 Å². The fourth-order valence-corrected chi connectivity index (χ4v) is 2.47. The van der Waals surface area contributed by atoms with Gasteiger partial charge in [-0.2, -0.15) is 0 Å². The van der Waals surface area contributed by atoms with Crippen molar-refractivity contribution in [2.75, 3.05) is 7.05 Å². The minimum atomic E-state index is -0.312. The van der Waals surface area contributed by atoms with Crippen molar-refractivity contribution in [1.82, 2.24) is 4.90 Å². The van der Waals surface area contributed by atoms with E-state index < -0.39 is 0 Å². The van der Waals surface area contributed by atoms with Crippen molar-refractivity contribution >= 4 is 17.5 Å². The van der Waals surface area contributed by atoms with Crippen LogP contribution in [0.1, 0.15) is 34.5 Å². The molecule has 0 saturated carbocycles. The van der Waals surface area contributed by atoms with Crippen LogP contribution in [0.25, 0.3) is 0 Å². The van der Waals surface area contributed by atoms with Gasteiger partial charge in [-0.3, -0.25) is 4.79 Å². The first-order valence-corrected chi connectivity index (χ1v) is 7.07. The lowest BCUT2D eigenvalue weighted by atomic mass is 10.1. The van der Waals surface area contributed by atoms with E-state index in [4.69, 9.17) is 11.6 Å². The predicted molar refractivity (Wildman–Crippen MR) is 83.1 cm³/mol. The second-order valence-corrected chi connectivity index (χ2v) is 5.48. The highest BCUT2D eigenvalue weighted by molar-refractivity contribution is 6.31. The monoisotopic (exact) mass is 305 g/mol. The van der Waals surface area contributed by atoms with Crippen LogP contribution in [-0.4, -0.2) is 17.9 Å². The van der Waals surface area contributed by atoms with Crippen LogP contribution in [0.4, 0.5) is 4.39 Å². The first-order valence-electron chi connectivity index (χ1n) is 6.69. The Hall–Kier alpha value is -1.87. The third-order valence-electron chi connectivity index (χ3n) is 3.66. The molecule has 0 aliphatic rings. The molecule has 2 nitrogen and oxygen atoms in total. The third-order valence-corrected chi connectivity index (χ3v) is 4.01. The molecule has 1 unspecified atom stereocenters. The zero-order valence-electron chi connectivity index (χ0n) is 12.2. The topological polar surface area (TPSA) is 20.3 Å². The summed E-state index contributed by atoms with van der Waals surface area (Å²) >= 11 is 6.17. The van der Waals surface area contributed by atoms with E-state index in [1.165, 1.54) is 12.1 Å². The van der Waals surface area contributed by atoms with Crippen LogP contribution in [0.2, 0.25) is 5.02 Å². The molecule has 2 aromatic rings. The van der Waals surface area contributed by atoms with Gasteiger partial charge < -0.3 is 4.90 Å². The normalized spacial score (nSPS) is 12.0. The molecule has 0 aliphatic carbocycles. The van der Waals surface area contributed by atoms with Crippen molar-refractivity contribution in [2.24, 2.45) is 0 Å². The van der Waals surface area contributed by atoms with Crippen molar-refractivity contribution in [1.29, 1.82) is 0 Å². The summed E-state index contributed by atoms with van der Waals surface area (Å²) in [6.45, 7) is 3.55. The van der Waals surface area contributed by atoms with E-state index in [-0.39, 0.29) is 17.8 Å². The predicted octanol–water partition coefficient (Wildman–Crippen LogP) is 4.62. The number of nitrogens with zero attached hydrogens (tertiary/aromatic N) is 1. The number of benzene rings is 2. The van der Waals surface area contributed by atoms with Crippen molar-refractivity contribution < 1.29 is 9.18 Å². The molecule has 21 heavy (non-hydrogen) atoms. The Bertz CT molecular complexity index is 672. The van der Waals surface area contributed by atoms with Crippen LogP contribution in [-0.2, 0) is 0 Å². The van der Waals surface area contributed by atoms with Crippen molar-refractivity contribution in [3.63, 3.8) is 0 Å². The van der Waals surface area contributed by atoms with E-state index >= 15 is 0 Å². The maximum Gasteiger partial charge on any atom is 0.254 e. The summed E-state index contributed by atoms with van der Waals surface area (Å²) in [5, 5.41) is 0.625. The van der Waals surface area contributed by atoms with Crippen LogP contribution in [0.5, 0.6) is 0 Å². The molecule has 1 atom stereocenters. The van der Waals surface area contributed by atoms with Crippen LogP contribution < -0.4 is 0 Å². The number of rotatable bonds is 3. The summed E-state index contributed by atoms with van der Waals surface area (Å²) in [4.78, 5) is 14.1. The molecule has 0 aliphatic heterocycles. The molecular formula is C17H17ClFNO. The van der Waals surface area contributed by atoms with Crippen LogP contribution >= 0.6 is 11.6 Å². The third kappa shape index (κ3) is 3.24. The minimum Gasteiger partial charge on any atom is -0.335 e. The number of carbonyl (C=O) groups is 1. The van der Waals surface area contributed by atoms with Gasteiger partial charge in [-0.25, -0.2) is 4.39 Å². The lowest BCUT2D eigenvalue weighted by Gasteiger charge is -2.26. The van der Waals surface area contributed by atoms with Gasteiger partial charge in [0, 0.05) is 17.6 Å². The van der Waals surface area contributed by atoms with Crippen molar-refractivity contribution in [3.05, 3.63) is 70.0 Å². The Morgan fingerprint density at radius 3 is 2.52 bits per heavy atom. The zero-order valence-corrected chi connectivity index (χ0v) is 13.0. The maximum absolute atomic E-state index is 13.3. The quantitative estimate of drug-likeness (QED) is 0.810. The molecular weight excluding hydrogens is 289 g/mol. The minimum absolute atomic E-state index is 0.162. The van der Waals surface area contributed by atoms with E-state index in [1.807, 2.05) is 25.1 Å². The molecule has 0 heterocycles. The van der Waals surface area contributed by atoms with E-state index in [0.717, 1.165) is 5.56 Å². The van der Waals surface area contributed by atoms with E-state index in [9.17, 15) is 9.18 Å². The Morgan fingerprint density at radius 1 is 1.24 bits per heavy atom. The summed E-state index contributed by atoms with van der Waals surface area (Å²) in [7, 11) is 1.72. The van der Waals surface area contributed by atoms with E-state index in [1.54, 1.807) is 31.0 Å². The number of aryl methyl sites for hydroxylation is 1. The Balaban J connectivity index is 2.26. The van der Waals surface area contributed by atoms with Gasteiger partial charge in [0.05, 0.1) is 6.04 Å². The summed E-state index contributed by atoms with van der Waals surface area (Å²) < 4.78 is 13.3. The van der Waals surface area contributed by atoms with Crippen molar-refractivity contribution in [3.8, 4) is 0 Å². The highest BCUT2D eigenvalue weighted by Gasteiger charge is 2.20. The van der Waals surface area contributed by atoms with Gasteiger partial charge in [0.2, 0.25) is 0 Å². The molecule has 0 fully saturated rings. The highest BCUT2D eigenvalue weighted by atomic mass is 35.5. The van der Waals surface area contributed by atoms with Crippen LogP contribution in [0, 0.1) is 12.7 Å². The lowest BCUT2D eigenvalue weighted by Crippen LogP contribution is -2.29. The molecule has 1 amide bonds. The van der Waals surface area contributed by atoms with Gasteiger partial charge in [0.1, 0.15) is 5.82 Å². The molecule has 0 spiro atoms. The second-order valence-electron chi connectivity index (χ2n) is 5.08. The number of halogens is 2. The standard InChI is InChI=1S/C17H17ClFNO/c1-11-10-13(8-9-16(11)19)17(21)20(3)12(2)14-6-4-5-7-15(14)18/h4-10,12H,1-3H3. The number of carbonyl (C=O) groups excluding carboxylic acids is 1. The van der Waals surface area contributed by atoms with Crippen LogP contribution in [0.3, 0.4) is 0 Å². The summed E-state index contributed by atoms with van der Waals surface area (Å²) in [5.41, 5.74) is 1.81. The van der Waals surface area contributed by atoms with Crippen molar-refractivity contribution in [2.45, 2.75) is 19.9 Å². The largest absolute Gasteiger partial charge is 0.335 e. The maximum atomic E-state index is 13.3. The lowest BCUT2D eigenvalue weighted by molar-refractivity contribution is 0.0742. The molecule has 0 radical (unpaired) electrons. The number of hydrogen-bond donors (Lipinski definition) is 0. The van der Waals surface area contributed by atoms with E-state index in [2.05, 4.69) is 0 Å². The molecule has 2 aromatic carbocycles. The molecule has 0 aromatic heterocycles. The average molecular weight is 306 g/mol. The second kappa shape index (κ2) is 6.27. The Morgan fingerprint density at radius 2 is 1.90 bits per heavy atom. The van der Waals surface area contributed by atoms with Gasteiger partial charge in [-0.15, -0.1) is 0 Å². The van der Waals surface area contributed by atoms with Gasteiger partial charge in [0.25, 0.3) is 5.91 Å². The number of hydrogen-bond acceptors (Lipinski definition) is 1. The first-order chi connectivity index (χ1) is 9.91. The molecule has 0 saturated heterocycles. The molecule has 0 bridgehead atoms. The molecule has 4 heteroatoms. The average Bonchev–Trinajstić information content (AvgIpc) is 2.48. The SMILES string of the molecule is Cc1cc(C(=O)N(C)C(C)c2ccccc2Cl)ccc1F. The van der Waals surface area contributed by atoms with E-state index in [0.29, 0.717) is 16.1 Å². The Kier molecular flexibility index (Phi) is 4.63.